The van der Waals surface area contributed by atoms with E-state index in [4.69, 9.17) is 0 Å². The number of amides is 1. The minimum absolute atomic E-state index is 0.00947. The lowest BCUT2D eigenvalue weighted by atomic mass is 10.00. The van der Waals surface area contributed by atoms with Gasteiger partial charge in [-0.05, 0) is 64.4 Å². The lowest BCUT2D eigenvalue weighted by Gasteiger charge is -2.25. The number of rotatable bonds is 12. The molecule has 36 heavy (non-hydrogen) atoms. The third kappa shape index (κ3) is 9.69. The van der Waals surface area contributed by atoms with Gasteiger partial charge in [-0.15, -0.1) is 11.3 Å². The van der Waals surface area contributed by atoms with Gasteiger partial charge in [-0.25, -0.2) is 22.2 Å². The topological polar surface area (TPSA) is 120 Å². The third-order valence-corrected chi connectivity index (χ3v) is 7.10. The molecule has 2 aromatic carbocycles. The van der Waals surface area contributed by atoms with Crippen LogP contribution < -0.4 is 15.4 Å². The molecule has 0 saturated heterocycles. The highest BCUT2D eigenvalue weighted by Gasteiger charge is 2.23. The van der Waals surface area contributed by atoms with Gasteiger partial charge in [0.05, 0.1) is 30.5 Å². The molecule has 0 bridgehead atoms. The van der Waals surface area contributed by atoms with Crippen LogP contribution in [0.4, 0.5) is 13.9 Å². The first-order valence-electron chi connectivity index (χ1n) is 10.8. The van der Waals surface area contributed by atoms with Crippen LogP contribution in [0.15, 0.2) is 47.8 Å². The molecule has 8 nitrogen and oxygen atoms in total. The molecule has 0 saturated carbocycles. The van der Waals surface area contributed by atoms with Crippen LogP contribution in [0.25, 0.3) is 0 Å². The van der Waals surface area contributed by atoms with E-state index >= 15 is 0 Å². The molecule has 3 aromatic rings. The van der Waals surface area contributed by atoms with Crippen molar-refractivity contribution >= 4 is 55.0 Å². The van der Waals surface area contributed by atoms with Crippen LogP contribution in [0.1, 0.15) is 16.8 Å². The summed E-state index contributed by atoms with van der Waals surface area (Å²) in [7, 11) is -3.50. The number of halogens is 3. The molecule has 194 valence electrons. The second-order valence-corrected chi connectivity index (χ2v) is 12.0. The average Bonchev–Trinajstić information content (AvgIpc) is 3.17. The molecule has 4 N–H and O–H groups in total. The highest BCUT2D eigenvalue weighted by Crippen LogP contribution is 2.17. The molecular weight excluding hydrogens is 625 g/mol. The van der Waals surface area contributed by atoms with E-state index in [0.717, 1.165) is 44.9 Å². The van der Waals surface area contributed by atoms with Crippen LogP contribution in [0, 0.1) is 15.2 Å². The van der Waals surface area contributed by atoms with Gasteiger partial charge >= 0.3 is 0 Å². The Morgan fingerprint density at radius 3 is 2.56 bits per heavy atom. The summed E-state index contributed by atoms with van der Waals surface area (Å²) in [6.45, 7) is 0.603. The molecule has 2 atom stereocenters. The molecule has 0 spiro atoms. The van der Waals surface area contributed by atoms with Gasteiger partial charge in [-0.3, -0.25) is 9.52 Å². The Morgan fingerprint density at radius 1 is 1.17 bits per heavy atom. The van der Waals surface area contributed by atoms with Crippen LogP contribution >= 0.6 is 33.9 Å². The number of sulfonamides is 1. The molecule has 1 aromatic heterocycles. The monoisotopic (exact) mass is 650 g/mol. The highest BCUT2D eigenvalue weighted by molar-refractivity contribution is 14.1. The maximum atomic E-state index is 13.7. The van der Waals surface area contributed by atoms with Gasteiger partial charge < -0.3 is 15.7 Å². The predicted molar refractivity (Wildman–Crippen MR) is 143 cm³/mol. The first-order chi connectivity index (χ1) is 17.0. The second kappa shape index (κ2) is 12.9. The van der Waals surface area contributed by atoms with E-state index < -0.39 is 39.7 Å². The van der Waals surface area contributed by atoms with Crippen LogP contribution in [-0.2, 0) is 34.2 Å². The lowest BCUT2D eigenvalue weighted by Crippen LogP contribution is -2.49. The number of anilines is 1. The number of nitrogens with zero attached hydrogens (tertiary/aromatic N) is 1. The Balaban J connectivity index is 1.66. The zero-order valence-corrected chi connectivity index (χ0v) is 23.0. The van der Waals surface area contributed by atoms with Gasteiger partial charge in [0.2, 0.25) is 15.9 Å². The van der Waals surface area contributed by atoms with Crippen molar-refractivity contribution in [2.24, 2.45) is 0 Å². The summed E-state index contributed by atoms with van der Waals surface area (Å²) in [4.78, 5) is 16.8. The fourth-order valence-electron chi connectivity index (χ4n) is 3.44. The van der Waals surface area contributed by atoms with Crippen molar-refractivity contribution < 1.29 is 27.1 Å². The number of aliphatic hydroxyl groups excluding tert-OH is 1. The molecule has 0 aliphatic rings. The number of benzene rings is 2. The number of nitrogens with one attached hydrogen (secondary N) is 3. The quantitative estimate of drug-likeness (QED) is 0.224. The summed E-state index contributed by atoms with van der Waals surface area (Å²) in [5.74, 6) is -1.99. The van der Waals surface area contributed by atoms with Gasteiger partial charge in [0.1, 0.15) is 11.6 Å². The van der Waals surface area contributed by atoms with Crippen molar-refractivity contribution in [3.05, 3.63) is 79.9 Å². The number of hydrogen-bond acceptors (Lipinski definition) is 7. The molecule has 1 heterocycles. The summed E-state index contributed by atoms with van der Waals surface area (Å²) in [5.41, 5.74) is 1.64. The van der Waals surface area contributed by atoms with Crippen molar-refractivity contribution in [2.45, 2.75) is 31.5 Å². The molecule has 0 radical (unpaired) electrons. The smallest absolute Gasteiger partial charge is 0.231 e. The van der Waals surface area contributed by atoms with E-state index in [1.807, 2.05) is 24.3 Å². The lowest BCUT2D eigenvalue weighted by molar-refractivity contribution is -0.122. The van der Waals surface area contributed by atoms with Gasteiger partial charge in [-0.2, -0.15) is 0 Å². The molecule has 13 heteroatoms. The van der Waals surface area contributed by atoms with Gasteiger partial charge in [0.15, 0.2) is 5.13 Å². The molecule has 3 rings (SSSR count). The number of carbonyl (C=O) groups is 1. The van der Waals surface area contributed by atoms with Crippen molar-refractivity contribution in [1.29, 1.82) is 0 Å². The Kier molecular flexibility index (Phi) is 10.1. The summed E-state index contributed by atoms with van der Waals surface area (Å²) in [6, 6.07) is 10.0. The van der Waals surface area contributed by atoms with Crippen molar-refractivity contribution in [3.8, 4) is 0 Å². The number of aliphatic hydroxyl groups is 1. The Morgan fingerprint density at radius 2 is 1.89 bits per heavy atom. The summed E-state index contributed by atoms with van der Waals surface area (Å²) in [6.07, 6.45) is -0.251. The van der Waals surface area contributed by atoms with Crippen LogP contribution in [0.2, 0.25) is 0 Å². The molecule has 0 unspecified atom stereocenters. The van der Waals surface area contributed by atoms with Gasteiger partial charge in [0, 0.05) is 28.1 Å². The maximum Gasteiger partial charge on any atom is 0.231 e. The van der Waals surface area contributed by atoms with Crippen molar-refractivity contribution in [2.75, 3.05) is 17.5 Å². The van der Waals surface area contributed by atoms with E-state index in [-0.39, 0.29) is 30.1 Å². The molecular formula is C23H25F2IN4O4S2. The molecule has 0 aliphatic carbocycles. The Labute approximate surface area is 225 Å². The zero-order chi connectivity index (χ0) is 26.3. The summed E-state index contributed by atoms with van der Waals surface area (Å²) >= 11 is 3.24. The zero-order valence-electron chi connectivity index (χ0n) is 19.2. The largest absolute Gasteiger partial charge is 0.390 e. The molecule has 0 aliphatic heterocycles. The Bertz CT molecular complexity index is 1290. The standard InChI is InChI=1S/C23H25F2IN4O4S2/c1-36(33,34)30-23-28-19(13-35-23)10-22(32)29-20(8-15-5-16(24)9-17(25)6-15)21(31)12-27-11-14-3-2-4-18(26)7-14/h2-7,9,13,20-21,27,31H,8,10-12H2,1H3,(H,28,30)(H,29,32)/t20-,21+/m0/s1. The van der Waals surface area contributed by atoms with E-state index in [1.165, 1.54) is 0 Å². The van der Waals surface area contributed by atoms with E-state index in [9.17, 15) is 27.1 Å². The maximum absolute atomic E-state index is 13.7. The normalized spacial score (nSPS) is 13.2. The fourth-order valence-corrected chi connectivity index (χ4v) is 5.61. The minimum Gasteiger partial charge on any atom is -0.390 e. The van der Waals surface area contributed by atoms with Crippen LogP contribution in [0.3, 0.4) is 0 Å². The summed E-state index contributed by atoms with van der Waals surface area (Å²) in [5, 5.41) is 18.4. The SMILES string of the molecule is CS(=O)(=O)Nc1nc(CC(=O)N[C@@H](Cc2cc(F)cc(F)c2)[C@H](O)CNCc2cccc(I)c2)cs1. The number of carbonyl (C=O) groups excluding carboxylic acids is 1. The first kappa shape index (κ1) is 28.4. The van der Waals surface area contributed by atoms with Gasteiger partial charge in [-0.1, -0.05) is 12.1 Å². The predicted octanol–water partition coefficient (Wildman–Crippen LogP) is 2.82. The second-order valence-electron chi connectivity index (χ2n) is 8.18. The highest BCUT2D eigenvalue weighted by atomic mass is 127. The van der Waals surface area contributed by atoms with E-state index in [0.29, 0.717) is 12.2 Å². The summed E-state index contributed by atoms with van der Waals surface area (Å²) < 4.78 is 53.5. The van der Waals surface area contributed by atoms with Crippen LogP contribution in [0.5, 0.6) is 0 Å². The van der Waals surface area contributed by atoms with Crippen LogP contribution in [-0.4, -0.2) is 49.4 Å². The fraction of sp³-hybridized carbons (Fsp3) is 0.304. The first-order valence-corrected chi connectivity index (χ1v) is 14.6. The molecule has 1 amide bonds. The van der Waals surface area contributed by atoms with E-state index in [2.05, 4.69) is 42.9 Å². The van der Waals surface area contributed by atoms with Crippen molar-refractivity contribution in [1.82, 2.24) is 15.6 Å². The average molecular weight is 651 g/mol. The number of thiazole rings is 1. The number of hydrogen-bond donors (Lipinski definition) is 4. The molecule has 0 fully saturated rings. The Hall–Kier alpha value is -2.20. The third-order valence-electron chi connectivity index (χ3n) is 4.93. The number of aromatic nitrogens is 1. The minimum atomic E-state index is -3.50. The van der Waals surface area contributed by atoms with E-state index in [1.54, 1.807) is 5.38 Å². The van der Waals surface area contributed by atoms with Gasteiger partial charge in [0.25, 0.3) is 0 Å². The van der Waals surface area contributed by atoms with Crippen molar-refractivity contribution in [3.63, 3.8) is 0 Å².